The number of para-hydroxylation sites is 1. The Bertz CT molecular complexity index is 788. The van der Waals surface area contributed by atoms with Gasteiger partial charge in [0.05, 0.1) is 32.2 Å². The average molecular weight is 327 g/mol. The molecule has 118 valence electrons. The van der Waals surface area contributed by atoms with Gasteiger partial charge in [0.1, 0.15) is 0 Å². The molecule has 0 radical (unpaired) electrons. The summed E-state index contributed by atoms with van der Waals surface area (Å²) >= 11 is 1.84. The minimum Gasteiger partial charge on any atom is -0.493 e. The molecule has 0 bridgehead atoms. The maximum absolute atomic E-state index is 6.01. The van der Waals surface area contributed by atoms with Crippen molar-refractivity contribution in [2.24, 2.45) is 10.9 Å². The molecule has 4 nitrogen and oxygen atoms in total. The number of aliphatic imine (C=N–C) groups is 1. The first kappa shape index (κ1) is 14.5. The van der Waals surface area contributed by atoms with Crippen LogP contribution in [0.4, 0.5) is 5.69 Å². The van der Waals surface area contributed by atoms with Crippen LogP contribution in [0.3, 0.4) is 0 Å². The fourth-order valence-corrected chi connectivity index (χ4v) is 4.07. The van der Waals surface area contributed by atoms with Crippen LogP contribution in [-0.2, 0) is 0 Å². The Morgan fingerprint density at radius 2 is 2.00 bits per heavy atom. The Kier molecular flexibility index (Phi) is 3.65. The lowest BCUT2D eigenvalue weighted by Crippen LogP contribution is -2.30. The van der Waals surface area contributed by atoms with Gasteiger partial charge >= 0.3 is 0 Å². The number of hydrogen-bond donors (Lipinski definition) is 0. The first-order valence-corrected chi connectivity index (χ1v) is 8.49. The van der Waals surface area contributed by atoms with Crippen molar-refractivity contribution in [3.8, 4) is 17.2 Å². The normalized spacial score (nSPS) is 18.5. The number of ether oxygens (including phenoxy) is 3. The highest BCUT2D eigenvalue weighted by Crippen LogP contribution is 2.45. The number of methoxy groups -OCH3 is 2. The third-order valence-corrected chi connectivity index (χ3v) is 5.36. The zero-order chi connectivity index (χ0) is 15.8. The van der Waals surface area contributed by atoms with Crippen molar-refractivity contribution in [3.05, 3.63) is 42.0 Å². The largest absolute Gasteiger partial charge is 0.493 e. The van der Waals surface area contributed by atoms with Crippen LogP contribution in [0.5, 0.6) is 17.2 Å². The summed E-state index contributed by atoms with van der Waals surface area (Å²) in [6.07, 6.45) is 0. The average Bonchev–Trinajstić information content (AvgIpc) is 2.79. The Balaban J connectivity index is 1.89. The molecule has 1 unspecified atom stereocenters. The van der Waals surface area contributed by atoms with E-state index in [2.05, 4.69) is 18.2 Å². The highest BCUT2D eigenvalue weighted by Gasteiger charge is 2.32. The second kappa shape index (κ2) is 5.81. The predicted molar refractivity (Wildman–Crippen MR) is 91.9 cm³/mol. The molecule has 0 spiro atoms. The third kappa shape index (κ3) is 2.36. The molecule has 2 aliphatic rings. The standard InChI is InChI=1S/C18H17NO3S/c1-20-14-8-7-12-16-11(9-22-17(12)18(14)21-2)10-23-15-6-4-3-5-13(15)19-16/h3-8,11H,9-10H2,1-2H3. The molecule has 0 saturated carbocycles. The fourth-order valence-electron chi connectivity index (χ4n) is 3.00. The molecule has 2 aromatic rings. The van der Waals surface area contributed by atoms with Crippen molar-refractivity contribution in [2.75, 3.05) is 26.6 Å². The number of hydrogen-bond acceptors (Lipinski definition) is 5. The molecule has 0 saturated heterocycles. The highest BCUT2D eigenvalue weighted by molar-refractivity contribution is 7.99. The van der Waals surface area contributed by atoms with Crippen LogP contribution < -0.4 is 14.2 Å². The van der Waals surface area contributed by atoms with E-state index in [9.17, 15) is 0 Å². The van der Waals surface area contributed by atoms with Crippen LogP contribution in [0.1, 0.15) is 5.56 Å². The minimum absolute atomic E-state index is 0.276. The molecule has 2 aromatic carbocycles. The van der Waals surface area contributed by atoms with Crippen molar-refractivity contribution in [1.29, 1.82) is 0 Å². The van der Waals surface area contributed by atoms with Crippen molar-refractivity contribution in [3.63, 3.8) is 0 Å². The smallest absolute Gasteiger partial charge is 0.203 e. The van der Waals surface area contributed by atoms with E-state index in [-0.39, 0.29) is 5.92 Å². The maximum atomic E-state index is 6.01. The number of nitrogens with zero attached hydrogens (tertiary/aromatic N) is 1. The number of rotatable bonds is 2. The Hall–Kier alpha value is -2.14. The van der Waals surface area contributed by atoms with E-state index in [0.29, 0.717) is 18.1 Å². The maximum Gasteiger partial charge on any atom is 0.203 e. The fraction of sp³-hybridized carbons (Fsp3) is 0.278. The van der Waals surface area contributed by atoms with Crippen molar-refractivity contribution >= 4 is 23.2 Å². The van der Waals surface area contributed by atoms with E-state index in [1.165, 1.54) is 4.90 Å². The highest BCUT2D eigenvalue weighted by atomic mass is 32.2. The minimum atomic E-state index is 0.276. The van der Waals surface area contributed by atoms with E-state index in [0.717, 1.165) is 28.5 Å². The van der Waals surface area contributed by atoms with E-state index >= 15 is 0 Å². The molecule has 0 aromatic heterocycles. The molecule has 2 heterocycles. The Morgan fingerprint density at radius 3 is 2.83 bits per heavy atom. The van der Waals surface area contributed by atoms with Gasteiger partial charge in [-0.3, -0.25) is 4.99 Å². The first-order valence-electron chi connectivity index (χ1n) is 7.50. The lowest BCUT2D eigenvalue weighted by atomic mass is 9.94. The lowest BCUT2D eigenvalue weighted by Gasteiger charge is -2.27. The van der Waals surface area contributed by atoms with Gasteiger partial charge in [-0.15, -0.1) is 11.8 Å². The predicted octanol–water partition coefficient (Wildman–Crippen LogP) is 3.94. The molecule has 0 amide bonds. The topological polar surface area (TPSA) is 40.0 Å². The van der Waals surface area contributed by atoms with E-state index in [4.69, 9.17) is 19.2 Å². The van der Waals surface area contributed by atoms with Crippen LogP contribution in [-0.4, -0.2) is 32.3 Å². The molecule has 0 N–H and O–H groups in total. The van der Waals surface area contributed by atoms with E-state index < -0.39 is 0 Å². The zero-order valence-electron chi connectivity index (χ0n) is 13.0. The van der Waals surface area contributed by atoms with Crippen LogP contribution in [0.2, 0.25) is 0 Å². The molecule has 0 fully saturated rings. The van der Waals surface area contributed by atoms with Gasteiger partial charge in [0.15, 0.2) is 11.5 Å². The van der Waals surface area contributed by atoms with Crippen LogP contribution in [0.15, 0.2) is 46.3 Å². The Labute approximate surface area is 139 Å². The summed E-state index contributed by atoms with van der Waals surface area (Å²) in [6.45, 7) is 0.607. The van der Waals surface area contributed by atoms with Gasteiger partial charge in [-0.1, -0.05) is 12.1 Å². The molecule has 2 aliphatic heterocycles. The van der Waals surface area contributed by atoms with Crippen molar-refractivity contribution in [1.82, 2.24) is 0 Å². The molecule has 5 heteroatoms. The molecule has 23 heavy (non-hydrogen) atoms. The van der Waals surface area contributed by atoms with Crippen LogP contribution in [0.25, 0.3) is 0 Å². The summed E-state index contributed by atoms with van der Waals surface area (Å²) in [7, 11) is 3.26. The van der Waals surface area contributed by atoms with Gasteiger partial charge in [-0.05, 0) is 24.3 Å². The number of benzene rings is 2. The van der Waals surface area contributed by atoms with Crippen LogP contribution in [0, 0.1) is 5.92 Å². The summed E-state index contributed by atoms with van der Waals surface area (Å²) in [5.74, 6) is 3.28. The van der Waals surface area contributed by atoms with Gasteiger partial charge in [0.2, 0.25) is 5.75 Å². The summed E-state index contributed by atoms with van der Waals surface area (Å²) in [5.41, 5.74) is 3.10. The SMILES string of the molecule is COc1ccc2c(c1OC)OCC1CSc3ccccc3N=C21. The van der Waals surface area contributed by atoms with Gasteiger partial charge in [-0.2, -0.15) is 0 Å². The van der Waals surface area contributed by atoms with Gasteiger partial charge < -0.3 is 14.2 Å². The summed E-state index contributed by atoms with van der Waals surface area (Å²) < 4.78 is 16.9. The second-order valence-corrected chi connectivity index (χ2v) is 6.52. The van der Waals surface area contributed by atoms with E-state index in [1.807, 2.05) is 30.0 Å². The summed E-state index contributed by atoms with van der Waals surface area (Å²) in [6, 6.07) is 12.2. The quantitative estimate of drug-likeness (QED) is 0.838. The van der Waals surface area contributed by atoms with Gasteiger partial charge in [0.25, 0.3) is 0 Å². The number of fused-ring (bicyclic) bond motifs is 4. The number of thioether (sulfide) groups is 1. The molecular formula is C18H17NO3S. The molecule has 1 atom stereocenters. The van der Waals surface area contributed by atoms with Gasteiger partial charge in [-0.25, -0.2) is 0 Å². The third-order valence-electron chi connectivity index (χ3n) is 4.14. The van der Waals surface area contributed by atoms with Gasteiger partial charge in [0, 0.05) is 22.1 Å². The molecule has 4 rings (SSSR count). The summed E-state index contributed by atoms with van der Waals surface area (Å²) in [5, 5.41) is 0. The zero-order valence-corrected chi connectivity index (χ0v) is 13.9. The van der Waals surface area contributed by atoms with Crippen LogP contribution >= 0.6 is 11.8 Å². The first-order chi connectivity index (χ1) is 11.3. The lowest BCUT2D eigenvalue weighted by molar-refractivity contribution is 0.260. The molecule has 0 aliphatic carbocycles. The Morgan fingerprint density at radius 1 is 1.13 bits per heavy atom. The second-order valence-electron chi connectivity index (χ2n) is 5.46. The van der Waals surface area contributed by atoms with E-state index in [1.54, 1.807) is 14.2 Å². The molecular weight excluding hydrogens is 310 g/mol. The monoisotopic (exact) mass is 327 g/mol. The summed E-state index contributed by atoms with van der Waals surface area (Å²) in [4.78, 5) is 6.17. The van der Waals surface area contributed by atoms with Crippen molar-refractivity contribution < 1.29 is 14.2 Å². The van der Waals surface area contributed by atoms with Crippen molar-refractivity contribution in [2.45, 2.75) is 4.90 Å².